The van der Waals surface area contributed by atoms with Gasteiger partial charge in [0.25, 0.3) is 0 Å². The Balaban J connectivity index is 3.70. The quantitative estimate of drug-likeness (QED) is 0.0473. The molecule has 0 saturated carbocycles. The molecule has 0 bridgehead atoms. The van der Waals surface area contributed by atoms with Gasteiger partial charge in [0, 0.05) is 6.42 Å². The van der Waals surface area contributed by atoms with Gasteiger partial charge in [0.15, 0.2) is 0 Å². The maximum atomic E-state index is 12.3. The van der Waals surface area contributed by atoms with Gasteiger partial charge in [0.05, 0.1) is 6.61 Å². The predicted molar refractivity (Wildman–Crippen MR) is 177 cm³/mol. The van der Waals surface area contributed by atoms with Crippen molar-refractivity contribution in [2.45, 2.75) is 199 Å². The van der Waals surface area contributed by atoms with Crippen molar-refractivity contribution in [2.24, 2.45) is 0 Å². The topological polar surface area (TPSA) is 66.8 Å². The molecule has 2 N–H and O–H groups in total. The number of rotatable bonds is 32. The zero-order valence-electron chi connectivity index (χ0n) is 27.5. The van der Waals surface area contributed by atoms with Crippen molar-refractivity contribution < 1.29 is 19.7 Å². The van der Waals surface area contributed by atoms with Gasteiger partial charge in [-0.05, 0) is 70.6 Å². The molecular weight excluding hydrogens is 508 g/mol. The van der Waals surface area contributed by atoms with E-state index in [0.29, 0.717) is 12.8 Å². The van der Waals surface area contributed by atoms with Crippen LogP contribution in [-0.2, 0) is 9.53 Å². The molecule has 0 spiro atoms. The molecule has 0 radical (unpaired) electrons. The van der Waals surface area contributed by atoms with Crippen LogP contribution in [0.3, 0.4) is 0 Å². The van der Waals surface area contributed by atoms with Crippen LogP contribution >= 0.6 is 0 Å². The molecule has 242 valence electrons. The van der Waals surface area contributed by atoms with E-state index in [1.165, 1.54) is 122 Å². The van der Waals surface area contributed by atoms with E-state index < -0.39 is 12.2 Å². The number of hydrogen-bond donors (Lipinski definition) is 2. The van der Waals surface area contributed by atoms with Crippen LogP contribution in [0.15, 0.2) is 24.3 Å². The van der Waals surface area contributed by atoms with E-state index >= 15 is 0 Å². The average molecular weight is 579 g/mol. The van der Waals surface area contributed by atoms with Crippen LogP contribution in [0.2, 0.25) is 0 Å². The first-order valence-electron chi connectivity index (χ1n) is 17.9. The molecule has 0 aliphatic rings. The first-order chi connectivity index (χ1) is 20.2. The lowest BCUT2D eigenvalue weighted by Crippen LogP contribution is -2.34. The Morgan fingerprint density at radius 3 is 1.39 bits per heavy atom. The highest BCUT2D eigenvalue weighted by Crippen LogP contribution is 2.16. The van der Waals surface area contributed by atoms with Gasteiger partial charge in [-0.1, -0.05) is 134 Å². The summed E-state index contributed by atoms with van der Waals surface area (Å²) in [5.41, 5.74) is 0. The number of unbranched alkanes of at least 4 members (excludes halogenated alkanes) is 21. The summed E-state index contributed by atoms with van der Waals surface area (Å²) < 4.78 is 5.57. The fourth-order valence-corrected chi connectivity index (χ4v) is 5.25. The Kier molecular flexibility index (Phi) is 32.5. The van der Waals surface area contributed by atoms with Crippen LogP contribution in [0.25, 0.3) is 0 Å². The van der Waals surface area contributed by atoms with Crippen LogP contribution < -0.4 is 0 Å². The molecule has 0 aromatic rings. The molecule has 4 nitrogen and oxygen atoms in total. The fraction of sp³-hybridized carbons (Fsp3) is 0.865. The minimum absolute atomic E-state index is 0.236. The minimum Gasteiger partial charge on any atom is -0.460 e. The number of aliphatic hydroxyl groups is 2. The van der Waals surface area contributed by atoms with Gasteiger partial charge in [-0.3, -0.25) is 4.79 Å². The van der Waals surface area contributed by atoms with E-state index in [1.54, 1.807) is 0 Å². The van der Waals surface area contributed by atoms with Crippen LogP contribution in [-0.4, -0.2) is 35.0 Å². The Bertz CT molecular complexity index is 585. The maximum Gasteiger partial charge on any atom is 0.306 e. The summed E-state index contributed by atoms with van der Waals surface area (Å²) in [6.45, 7) is 4.14. The van der Waals surface area contributed by atoms with Crippen LogP contribution in [0, 0.1) is 0 Å². The Hall–Kier alpha value is -1.13. The zero-order valence-corrected chi connectivity index (χ0v) is 27.5. The average Bonchev–Trinajstić information content (AvgIpc) is 2.98. The predicted octanol–water partition coefficient (Wildman–Crippen LogP) is 10.9. The third-order valence-electron chi connectivity index (χ3n) is 8.04. The number of allylic oxidation sites excluding steroid dienone is 4. The first-order valence-corrected chi connectivity index (χ1v) is 17.9. The monoisotopic (exact) mass is 579 g/mol. The highest BCUT2D eigenvalue weighted by Gasteiger charge is 2.22. The largest absolute Gasteiger partial charge is 0.460 e. The Labute approximate surface area is 255 Å². The van der Waals surface area contributed by atoms with Crippen molar-refractivity contribution in [3.05, 3.63) is 24.3 Å². The third-order valence-corrected chi connectivity index (χ3v) is 8.04. The van der Waals surface area contributed by atoms with Gasteiger partial charge in [-0.15, -0.1) is 0 Å². The molecule has 41 heavy (non-hydrogen) atoms. The molecule has 2 atom stereocenters. The second kappa shape index (κ2) is 33.4. The van der Waals surface area contributed by atoms with E-state index in [-0.39, 0.29) is 12.6 Å². The van der Waals surface area contributed by atoms with Crippen LogP contribution in [0.1, 0.15) is 187 Å². The zero-order chi connectivity index (χ0) is 30.1. The summed E-state index contributed by atoms with van der Waals surface area (Å²) in [5.74, 6) is -0.236. The molecule has 0 heterocycles. The molecule has 0 aliphatic heterocycles. The van der Waals surface area contributed by atoms with Gasteiger partial charge < -0.3 is 14.9 Å². The molecule has 0 fully saturated rings. The first kappa shape index (κ1) is 39.9. The smallest absolute Gasteiger partial charge is 0.306 e. The van der Waals surface area contributed by atoms with Gasteiger partial charge in [0.1, 0.15) is 12.2 Å². The lowest BCUT2D eigenvalue weighted by molar-refractivity contribution is -0.157. The lowest BCUT2D eigenvalue weighted by Gasteiger charge is -2.22. The van der Waals surface area contributed by atoms with E-state index in [1.807, 2.05) is 0 Å². The van der Waals surface area contributed by atoms with Gasteiger partial charge in [-0.2, -0.15) is 0 Å². The number of carbonyl (C=O) groups excluding carboxylic acids is 1. The minimum atomic E-state index is -0.982. The lowest BCUT2D eigenvalue weighted by atomic mass is 10.0. The third kappa shape index (κ3) is 30.1. The van der Waals surface area contributed by atoms with E-state index in [0.717, 1.165) is 38.5 Å². The second-order valence-corrected chi connectivity index (χ2v) is 12.1. The summed E-state index contributed by atoms with van der Waals surface area (Å²) in [5, 5.41) is 19.5. The van der Waals surface area contributed by atoms with Gasteiger partial charge >= 0.3 is 5.97 Å². The molecular formula is C37H70O4. The SMILES string of the molecule is CCCCC/C=C\CCCCCCCCCCCC(OC(=O)CCCCCCC/C=C\CCCCCC)C(O)CO. The summed E-state index contributed by atoms with van der Waals surface area (Å²) in [6, 6.07) is 0. The molecule has 4 heteroatoms. The second-order valence-electron chi connectivity index (χ2n) is 12.1. The fourth-order valence-electron chi connectivity index (χ4n) is 5.25. The summed E-state index contributed by atoms with van der Waals surface area (Å²) in [4.78, 5) is 12.3. The standard InChI is InChI=1S/C37H70O4/c1-3-5-7-9-11-13-15-17-18-19-21-22-24-26-28-30-32-36(35(39)34-38)41-37(40)33-31-29-27-25-23-20-16-14-12-10-8-6-4-2/h11,13-14,16,35-36,38-39H,3-10,12,15,17-34H2,1-2H3/b13-11-,16-14-. The molecule has 0 rings (SSSR count). The molecule has 0 amide bonds. The van der Waals surface area contributed by atoms with Crippen molar-refractivity contribution in [3.63, 3.8) is 0 Å². The van der Waals surface area contributed by atoms with Crippen molar-refractivity contribution in [1.82, 2.24) is 0 Å². The highest BCUT2D eigenvalue weighted by atomic mass is 16.6. The van der Waals surface area contributed by atoms with E-state index in [9.17, 15) is 15.0 Å². The number of esters is 1. The Morgan fingerprint density at radius 1 is 0.561 bits per heavy atom. The van der Waals surface area contributed by atoms with Crippen LogP contribution in [0.5, 0.6) is 0 Å². The van der Waals surface area contributed by atoms with E-state index in [4.69, 9.17) is 4.74 Å². The molecule has 0 aromatic carbocycles. The molecule has 2 unspecified atom stereocenters. The highest BCUT2D eigenvalue weighted by molar-refractivity contribution is 5.69. The summed E-state index contributed by atoms with van der Waals surface area (Å²) >= 11 is 0. The van der Waals surface area contributed by atoms with Crippen molar-refractivity contribution in [2.75, 3.05) is 6.61 Å². The molecule has 0 aromatic heterocycles. The number of ether oxygens (including phenoxy) is 1. The van der Waals surface area contributed by atoms with Crippen LogP contribution in [0.4, 0.5) is 0 Å². The molecule has 0 aliphatic carbocycles. The van der Waals surface area contributed by atoms with Gasteiger partial charge in [0.2, 0.25) is 0 Å². The summed E-state index contributed by atoms with van der Waals surface area (Å²) in [6.07, 6.45) is 39.5. The summed E-state index contributed by atoms with van der Waals surface area (Å²) in [7, 11) is 0. The van der Waals surface area contributed by atoms with Crippen molar-refractivity contribution >= 4 is 5.97 Å². The Morgan fingerprint density at radius 2 is 0.927 bits per heavy atom. The normalized spacial score (nSPS) is 13.4. The number of aliphatic hydroxyl groups excluding tert-OH is 2. The molecule has 0 saturated heterocycles. The number of hydrogen-bond acceptors (Lipinski definition) is 4. The van der Waals surface area contributed by atoms with Crippen molar-refractivity contribution in [3.8, 4) is 0 Å². The van der Waals surface area contributed by atoms with Gasteiger partial charge in [-0.25, -0.2) is 0 Å². The van der Waals surface area contributed by atoms with Crippen molar-refractivity contribution in [1.29, 1.82) is 0 Å². The van der Waals surface area contributed by atoms with E-state index in [2.05, 4.69) is 38.2 Å². The number of carbonyl (C=O) groups is 1. The maximum absolute atomic E-state index is 12.3.